The van der Waals surface area contributed by atoms with E-state index in [4.69, 9.17) is 15.3 Å². The number of nitrogens with one attached hydrogen (secondary N) is 1. The van der Waals surface area contributed by atoms with Crippen LogP contribution in [-0.2, 0) is 4.74 Å². The van der Waals surface area contributed by atoms with Gasteiger partial charge in [-0.15, -0.1) is 0 Å². The van der Waals surface area contributed by atoms with Crippen LogP contribution in [0, 0.1) is 0 Å². The molecule has 0 spiro atoms. The fourth-order valence-electron chi connectivity index (χ4n) is 1.97. The van der Waals surface area contributed by atoms with E-state index in [0.717, 1.165) is 30.1 Å². The summed E-state index contributed by atoms with van der Waals surface area (Å²) in [5.74, 6) is 7.34. The van der Waals surface area contributed by atoms with Gasteiger partial charge in [0.1, 0.15) is 17.6 Å². The molecule has 0 radical (unpaired) electrons. The third-order valence-corrected chi connectivity index (χ3v) is 2.71. The predicted octanol–water partition coefficient (Wildman–Crippen LogP) is 1.89. The van der Waals surface area contributed by atoms with Crippen LogP contribution in [0.3, 0.4) is 0 Å². The number of hydrogen-bond acceptors (Lipinski definition) is 4. The average molecular weight is 234 g/mol. The van der Waals surface area contributed by atoms with Crippen molar-refractivity contribution in [2.45, 2.75) is 19.4 Å². The molecule has 0 aromatic heterocycles. The van der Waals surface area contributed by atoms with Gasteiger partial charge in [0.2, 0.25) is 0 Å². The molecule has 4 nitrogen and oxygen atoms in total. The van der Waals surface area contributed by atoms with E-state index >= 15 is 0 Å². The lowest BCUT2D eigenvalue weighted by atomic mass is 10.0. The molecule has 1 aromatic rings. The standard InChI is InChI=1S/C13H18N2O2/c1-2-16-11-7-4-3-6-10(11)13(15-14)12-8-5-9-17-12/h3-4,6-8,13,15H,2,5,9,14H2,1H3. The molecule has 17 heavy (non-hydrogen) atoms. The minimum Gasteiger partial charge on any atom is -0.496 e. The lowest BCUT2D eigenvalue weighted by molar-refractivity contribution is 0.213. The number of benzene rings is 1. The summed E-state index contributed by atoms with van der Waals surface area (Å²) < 4.78 is 11.2. The van der Waals surface area contributed by atoms with Crippen LogP contribution < -0.4 is 16.0 Å². The summed E-state index contributed by atoms with van der Waals surface area (Å²) in [7, 11) is 0. The first kappa shape index (κ1) is 12.0. The highest BCUT2D eigenvalue weighted by molar-refractivity contribution is 5.39. The molecule has 4 heteroatoms. The second-order valence-corrected chi connectivity index (χ2v) is 3.81. The van der Waals surface area contributed by atoms with E-state index in [0.29, 0.717) is 6.61 Å². The molecule has 0 aliphatic carbocycles. The smallest absolute Gasteiger partial charge is 0.124 e. The highest BCUT2D eigenvalue weighted by Gasteiger charge is 2.22. The van der Waals surface area contributed by atoms with Gasteiger partial charge in [-0.25, -0.2) is 5.43 Å². The molecule has 0 saturated carbocycles. The van der Waals surface area contributed by atoms with Crippen molar-refractivity contribution in [1.29, 1.82) is 0 Å². The topological polar surface area (TPSA) is 56.5 Å². The third kappa shape index (κ3) is 2.60. The predicted molar refractivity (Wildman–Crippen MR) is 66.3 cm³/mol. The maximum absolute atomic E-state index is 5.62. The van der Waals surface area contributed by atoms with Crippen LogP contribution >= 0.6 is 0 Å². The fourth-order valence-corrected chi connectivity index (χ4v) is 1.97. The Bertz CT molecular complexity index is 404. The van der Waals surface area contributed by atoms with Gasteiger partial charge in [0.15, 0.2) is 0 Å². The minimum absolute atomic E-state index is 0.139. The Labute approximate surface area is 101 Å². The first-order valence-electron chi connectivity index (χ1n) is 5.87. The molecule has 1 aliphatic heterocycles. The maximum Gasteiger partial charge on any atom is 0.124 e. The van der Waals surface area contributed by atoms with Crippen molar-refractivity contribution in [3.63, 3.8) is 0 Å². The number of para-hydroxylation sites is 1. The van der Waals surface area contributed by atoms with Gasteiger partial charge in [-0.05, 0) is 19.1 Å². The summed E-state index contributed by atoms with van der Waals surface area (Å²) in [5.41, 5.74) is 3.79. The highest BCUT2D eigenvalue weighted by Crippen LogP contribution is 2.31. The molecular formula is C13H18N2O2. The Kier molecular flexibility index (Phi) is 4.01. The second kappa shape index (κ2) is 5.70. The van der Waals surface area contributed by atoms with Crippen molar-refractivity contribution >= 4 is 0 Å². The van der Waals surface area contributed by atoms with Crippen LogP contribution in [0.2, 0.25) is 0 Å². The number of nitrogens with two attached hydrogens (primary N) is 1. The Morgan fingerprint density at radius 2 is 2.29 bits per heavy atom. The van der Waals surface area contributed by atoms with E-state index in [9.17, 15) is 0 Å². The fraction of sp³-hybridized carbons (Fsp3) is 0.385. The van der Waals surface area contributed by atoms with E-state index in [1.807, 2.05) is 31.2 Å². The number of rotatable bonds is 5. The number of hydrazine groups is 1. The first-order valence-corrected chi connectivity index (χ1v) is 5.87. The zero-order chi connectivity index (χ0) is 12.1. The van der Waals surface area contributed by atoms with Crippen LogP contribution in [0.1, 0.15) is 24.9 Å². The van der Waals surface area contributed by atoms with Gasteiger partial charge in [-0.1, -0.05) is 18.2 Å². The van der Waals surface area contributed by atoms with Gasteiger partial charge in [-0.2, -0.15) is 0 Å². The zero-order valence-electron chi connectivity index (χ0n) is 9.98. The third-order valence-electron chi connectivity index (χ3n) is 2.71. The summed E-state index contributed by atoms with van der Waals surface area (Å²) in [6, 6.07) is 7.72. The van der Waals surface area contributed by atoms with E-state index in [1.165, 1.54) is 0 Å². The minimum atomic E-state index is -0.139. The molecule has 1 aromatic carbocycles. The normalized spacial score (nSPS) is 16.2. The molecule has 1 aliphatic rings. The van der Waals surface area contributed by atoms with Gasteiger partial charge >= 0.3 is 0 Å². The van der Waals surface area contributed by atoms with Gasteiger partial charge in [-0.3, -0.25) is 5.84 Å². The molecule has 2 rings (SSSR count). The van der Waals surface area contributed by atoms with E-state index < -0.39 is 0 Å². The largest absolute Gasteiger partial charge is 0.496 e. The van der Waals surface area contributed by atoms with E-state index in [1.54, 1.807) is 0 Å². The van der Waals surface area contributed by atoms with Crippen molar-refractivity contribution in [2.75, 3.05) is 13.2 Å². The van der Waals surface area contributed by atoms with E-state index in [-0.39, 0.29) is 6.04 Å². The average Bonchev–Trinajstić information content (AvgIpc) is 2.86. The monoisotopic (exact) mass is 234 g/mol. The summed E-state index contributed by atoms with van der Waals surface area (Å²) in [5, 5.41) is 0. The van der Waals surface area contributed by atoms with Gasteiger partial charge in [0.05, 0.1) is 13.2 Å². The van der Waals surface area contributed by atoms with Crippen LogP contribution in [-0.4, -0.2) is 13.2 Å². The molecule has 0 bridgehead atoms. The van der Waals surface area contributed by atoms with Crippen molar-refractivity contribution in [3.05, 3.63) is 41.7 Å². The summed E-state index contributed by atoms with van der Waals surface area (Å²) in [6.07, 6.45) is 3.00. The lowest BCUT2D eigenvalue weighted by Gasteiger charge is -2.20. The molecule has 1 atom stereocenters. The van der Waals surface area contributed by atoms with Crippen LogP contribution in [0.25, 0.3) is 0 Å². The summed E-state index contributed by atoms with van der Waals surface area (Å²) in [4.78, 5) is 0. The molecule has 0 saturated heterocycles. The molecule has 0 fully saturated rings. The van der Waals surface area contributed by atoms with Crippen LogP contribution in [0.5, 0.6) is 5.75 Å². The molecule has 3 N–H and O–H groups in total. The number of ether oxygens (including phenoxy) is 2. The van der Waals surface area contributed by atoms with Crippen molar-refractivity contribution in [3.8, 4) is 5.75 Å². The van der Waals surface area contributed by atoms with Crippen LogP contribution in [0.15, 0.2) is 36.1 Å². The number of hydrogen-bond donors (Lipinski definition) is 2. The van der Waals surface area contributed by atoms with E-state index in [2.05, 4.69) is 11.5 Å². The molecular weight excluding hydrogens is 216 g/mol. The highest BCUT2D eigenvalue weighted by atomic mass is 16.5. The van der Waals surface area contributed by atoms with Gasteiger partial charge < -0.3 is 9.47 Å². The quantitative estimate of drug-likeness (QED) is 0.603. The first-order chi connectivity index (χ1) is 8.36. The molecule has 0 amide bonds. The van der Waals surface area contributed by atoms with Gasteiger partial charge in [0.25, 0.3) is 0 Å². The summed E-state index contributed by atoms with van der Waals surface area (Å²) in [6.45, 7) is 3.32. The molecule has 1 heterocycles. The van der Waals surface area contributed by atoms with Gasteiger partial charge in [0, 0.05) is 12.0 Å². The molecule has 1 unspecified atom stereocenters. The summed E-state index contributed by atoms with van der Waals surface area (Å²) >= 11 is 0. The lowest BCUT2D eigenvalue weighted by Crippen LogP contribution is -2.30. The Morgan fingerprint density at radius 1 is 1.47 bits per heavy atom. The zero-order valence-corrected chi connectivity index (χ0v) is 9.98. The van der Waals surface area contributed by atoms with Crippen LogP contribution in [0.4, 0.5) is 0 Å². The van der Waals surface area contributed by atoms with Crippen molar-refractivity contribution in [1.82, 2.24) is 5.43 Å². The Morgan fingerprint density at radius 3 is 2.94 bits per heavy atom. The SMILES string of the molecule is CCOc1ccccc1C(NN)C1=CCCO1. The maximum atomic E-state index is 5.62. The van der Waals surface area contributed by atoms with Crippen molar-refractivity contribution < 1.29 is 9.47 Å². The van der Waals surface area contributed by atoms with Crippen molar-refractivity contribution in [2.24, 2.45) is 5.84 Å². The Hall–Kier alpha value is -1.52. The second-order valence-electron chi connectivity index (χ2n) is 3.81. The Balaban J connectivity index is 2.29. The molecule has 92 valence electrons.